The molecule has 0 saturated carbocycles. The van der Waals surface area contributed by atoms with Crippen LogP contribution in [-0.4, -0.2) is 72.5 Å². The van der Waals surface area contributed by atoms with E-state index in [0.717, 1.165) is 6.08 Å². The van der Waals surface area contributed by atoms with Gasteiger partial charge in [-0.05, 0) is 103 Å². The van der Waals surface area contributed by atoms with E-state index in [9.17, 15) is 29.1 Å². The van der Waals surface area contributed by atoms with E-state index in [4.69, 9.17) is 28.4 Å². The van der Waals surface area contributed by atoms with E-state index in [0.29, 0.717) is 11.1 Å². The second-order valence-corrected chi connectivity index (χ2v) is 13.0. The summed E-state index contributed by atoms with van der Waals surface area (Å²) in [6.45, 7) is 13.1. The highest BCUT2D eigenvalue weighted by Gasteiger charge is 2.24. The summed E-state index contributed by atoms with van der Waals surface area (Å²) >= 11 is 0. The van der Waals surface area contributed by atoms with Gasteiger partial charge in [0.05, 0.1) is 14.2 Å². The van der Waals surface area contributed by atoms with Gasteiger partial charge in [0.15, 0.2) is 28.8 Å². The smallest absolute Gasteiger partial charge is 0.408 e. The number of benzene rings is 2. The maximum atomic E-state index is 12.5. The van der Waals surface area contributed by atoms with Crippen LogP contribution in [0.2, 0.25) is 0 Å². The molecule has 276 valence electrons. The van der Waals surface area contributed by atoms with Gasteiger partial charge in [-0.2, -0.15) is 0 Å². The van der Waals surface area contributed by atoms with Gasteiger partial charge in [0.2, 0.25) is 0 Å². The Morgan fingerprint density at radius 3 is 1.41 bits per heavy atom. The number of allylic oxidation sites excluding steroid dienone is 3. The first kappa shape index (κ1) is 41.4. The minimum absolute atomic E-state index is 0.0964. The molecule has 0 heterocycles. The van der Waals surface area contributed by atoms with Crippen molar-refractivity contribution >= 4 is 42.1 Å². The SMILES string of the molecule is COc1cc(/C=C/C(=O)/C=C(O)/C=C/c2ccc(OC(=O)C(C)NC(=O)OC(C)(C)C)c(OC)c2)ccc1OC(=O)C(C)NC(=O)OC(C)(C)C. The number of amides is 2. The lowest BCUT2D eigenvalue weighted by atomic mass is 10.1. The number of ketones is 1. The molecule has 14 nitrogen and oxygen atoms in total. The van der Waals surface area contributed by atoms with E-state index in [1.54, 1.807) is 59.7 Å². The number of nitrogens with one attached hydrogen (secondary N) is 2. The lowest BCUT2D eigenvalue weighted by Crippen LogP contribution is -2.43. The second-order valence-electron chi connectivity index (χ2n) is 13.0. The van der Waals surface area contributed by atoms with Crippen LogP contribution in [0.4, 0.5) is 9.59 Å². The van der Waals surface area contributed by atoms with Crippen molar-refractivity contribution in [1.82, 2.24) is 10.6 Å². The summed E-state index contributed by atoms with van der Waals surface area (Å²) in [7, 11) is 2.76. The maximum Gasteiger partial charge on any atom is 0.408 e. The van der Waals surface area contributed by atoms with Crippen LogP contribution >= 0.6 is 0 Å². The summed E-state index contributed by atoms with van der Waals surface area (Å²) in [6.07, 6.45) is 4.98. The quantitative estimate of drug-likeness (QED) is 0.0717. The fourth-order valence-corrected chi connectivity index (χ4v) is 3.83. The van der Waals surface area contributed by atoms with Crippen molar-refractivity contribution in [2.45, 2.75) is 78.7 Å². The Labute approximate surface area is 297 Å². The van der Waals surface area contributed by atoms with Crippen LogP contribution in [0.1, 0.15) is 66.5 Å². The Bertz CT molecular complexity index is 1680. The lowest BCUT2D eigenvalue weighted by Gasteiger charge is -2.21. The number of ether oxygens (including phenoxy) is 6. The van der Waals surface area contributed by atoms with Gasteiger partial charge in [-0.1, -0.05) is 24.3 Å². The van der Waals surface area contributed by atoms with Crippen LogP contribution < -0.4 is 29.6 Å². The van der Waals surface area contributed by atoms with Gasteiger partial charge in [0.25, 0.3) is 0 Å². The Kier molecular flexibility index (Phi) is 14.8. The number of hydrogen-bond acceptors (Lipinski definition) is 12. The standard InChI is InChI=1S/C37H46N2O12/c1-22(38-34(44)50-36(3,4)5)32(42)48-28-17-13-24(19-30(28)46-9)11-15-26(40)21-27(41)16-12-25-14-18-29(31(20-25)47-10)49-33(43)23(2)39-35(45)51-37(6,7)8/h11-23,40H,1-10H3,(H,38,44)(H,39,45)/b15-11+,16-12+,26-21-. The molecule has 2 amide bonds. The Morgan fingerprint density at radius 1 is 0.647 bits per heavy atom. The van der Waals surface area contributed by atoms with Crippen molar-refractivity contribution in [2.24, 2.45) is 0 Å². The number of esters is 2. The molecule has 0 aromatic heterocycles. The molecule has 0 aliphatic rings. The molecule has 2 atom stereocenters. The first-order chi connectivity index (χ1) is 23.7. The summed E-state index contributed by atoms with van der Waals surface area (Å²) < 4.78 is 31.7. The molecular weight excluding hydrogens is 664 g/mol. The highest BCUT2D eigenvalue weighted by Crippen LogP contribution is 2.30. The van der Waals surface area contributed by atoms with Gasteiger partial charge in [0, 0.05) is 6.08 Å². The predicted octanol–water partition coefficient (Wildman–Crippen LogP) is 6.08. The lowest BCUT2D eigenvalue weighted by molar-refractivity contribution is -0.137. The number of carbonyl (C=O) groups excluding carboxylic acids is 5. The Morgan fingerprint density at radius 2 is 1.04 bits per heavy atom. The number of alkyl carbamates (subject to hydrolysis) is 2. The van der Waals surface area contributed by atoms with Crippen molar-refractivity contribution in [2.75, 3.05) is 14.2 Å². The zero-order chi connectivity index (χ0) is 38.5. The van der Waals surface area contributed by atoms with E-state index >= 15 is 0 Å². The van der Waals surface area contributed by atoms with Gasteiger partial charge < -0.3 is 44.2 Å². The van der Waals surface area contributed by atoms with Crippen LogP contribution in [0, 0.1) is 0 Å². The van der Waals surface area contributed by atoms with Crippen LogP contribution in [-0.2, 0) is 23.9 Å². The minimum atomic E-state index is -1.01. The van der Waals surface area contributed by atoms with Gasteiger partial charge in [-0.3, -0.25) is 4.79 Å². The zero-order valence-corrected chi connectivity index (χ0v) is 30.4. The normalized spacial score (nSPS) is 13.2. The summed E-state index contributed by atoms with van der Waals surface area (Å²) in [5.74, 6) is -1.75. The fourth-order valence-electron chi connectivity index (χ4n) is 3.83. The van der Waals surface area contributed by atoms with Crippen molar-refractivity contribution in [3.8, 4) is 23.0 Å². The maximum absolute atomic E-state index is 12.5. The molecule has 2 rings (SSSR count). The third-order valence-electron chi connectivity index (χ3n) is 6.15. The zero-order valence-electron chi connectivity index (χ0n) is 30.4. The van der Waals surface area contributed by atoms with Gasteiger partial charge in [-0.25, -0.2) is 19.2 Å². The summed E-state index contributed by atoms with van der Waals surface area (Å²) in [6, 6.07) is 7.19. The monoisotopic (exact) mass is 710 g/mol. The third kappa shape index (κ3) is 15.1. The van der Waals surface area contributed by atoms with E-state index < -0.39 is 53.2 Å². The number of hydrogen-bond donors (Lipinski definition) is 3. The third-order valence-corrected chi connectivity index (χ3v) is 6.15. The molecule has 14 heteroatoms. The van der Waals surface area contributed by atoms with E-state index in [2.05, 4.69) is 10.6 Å². The van der Waals surface area contributed by atoms with Gasteiger partial charge in [0.1, 0.15) is 29.0 Å². The first-order valence-electron chi connectivity index (χ1n) is 15.8. The Hall–Kier alpha value is -5.79. The molecule has 0 bridgehead atoms. The number of aliphatic hydroxyl groups is 1. The molecule has 2 aromatic carbocycles. The van der Waals surface area contributed by atoms with Crippen molar-refractivity contribution in [3.05, 3.63) is 71.5 Å². The van der Waals surface area contributed by atoms with Crippen LogP contribution in [0.5, 0.6) is 23.0 Å². The molecule has 0 fully saturated rings. The second kappa shape index (κ2) is 18.3. The van der Waals surface area contributed by atoms with Gasteiger partial charge in [-0.15, -0.1) is 0 Å². The fraction of sp³-hybridized carbons (Fsp3) is 0.378. The van der Waals surface area contributed by atoms with Gasteiger partial charge >= 0.3 is 24.1 Å². The molecule has 0 aliphatic carbocycles. The van der Waals surface area contributed by atoms with Crippen LogP contribution in [0.15, 0.2) is 60.4 Å². The van der Waals surface area contributed by atoms with Crippen molar-refractivity contribution in [3.63, 3.8) is 0 Å². The minimum Gasteiger partial charge on any atom is -0.508 e. The number of carbonyl (C=O) groups is 5. The molecule has 2 aromatic rings. The summed E-state index contributed by atoms with van der Waals surface area (Å²) in [5, 5.41) is 15.1. The number of rotatable bonds is 13. The first-order valence-corrected chi connectivity index (χ1v) is 15.8. The van der Waals surface area contributed by atoms with Crippen LogP contribution in [0.3, 0.4) is 0 Å². The molecule has 0 aliphatic heterocycles. The Balaban J connectivity index is 2.02. The average molecular weight is 711 g/mol. The molecule has 0 radical (unpaired) electrons. The molecule has 2 unspecified atom stereocenters. The number of methoxy groups -OCH3 is 2. The highest BCUT2D eigenvalue weighted by atomic mass is 16.6. The van der Waals surface area contributed by atoms with Crippen molar-refractivity contribution in [1.29, 1.82) is 0 Å². The topological polar surface area (TPSA) is 185 Å². The molecule has 0 saturated heterocycles. The molecular formula is C37H46N2O12. The summed E-state index contributed by atoms with van der Waals surface area (Å²) in [5.41, 5.74) is -0.381. The van der Waals surface area contributed by atoms with E-state index in [1.165, 1.54) is 70.6 Å². The average Bonchev–Trinajstić information content (AvgIpc) is 3.01. The van der Waals surface area contributed by atoms with E-state index in [-0.39, 0.29) is 28.8 Å². The summed E-state index contributed by atoms with van der Waals surface area (Å²) in [4.78, 5) is 61.5. The largest absolute Gasteiger partial charge is 0.508 e. The molecule has 3 N–H and O–H groups in total. The van der Waals surface area contributed by atoms with Crippen molar-refractivity contribution < 1.29 is 57.5 Å². The molecule has 0 spiro atoms. The molecule has 51 heavy (non-hydrogen) atoms. The number of aliphatic hydroxyl groups excluding tert-OH is 1. The van der Waals surface area contributed by atoms with E-state index in [1.807, 2.05) is 0 Å². The predicted molar refractivity (Wildman–Crippen MR) is 189 cm³/mol. The van der Waals surface area contributed by atoms with Crippen LogP contribution in [0.25, 0.3) is 12.2 Å². The highest BCUT2D eigenvalue weighted by molar-refractivity contribution is 6.02.